The molecule has 2 unspecified atom stereocenters. The fourth-order valence-corrected chi connectivity index (χ4v) is 16.4. The first kappa shape index (κ1) is 64.6. The van der Waals surface area contributed by atoms with Crippen LogP contribution in [-0.2, 0) is 16.2 Å². The summed E-state index contributed by atoms with van der Waals surface area (Å²) < 4.78 is 164. The molecular formula is C90H58F10N2. The second-order valence-corrected chi connectivity index (χ2v) is 26.3. The Labute approximate surface area is 582 Å². The summed E-state index contributed by atoms with van der Waals surface area (Å²) in [5, 5.41) is 3.46. The summed E-state index contributed by atoms with van der Waals surface area (Å²) in [6.07, 6.45) is 7.98. The van der Waals surface area contributed by atoms with Crippen LogP contribution in [0.1, 0.15) is 87.5 Å². The van der Waals surface area contributed by atoms with Crippen molar-refractivity contribution in [3.63, 3.8) is 0 Å². The minimum atomic E-state index is -2.29. The van der Waals surface area contributed by atoms with Gasteiger partial charge in [-0.25, -0.2) is 43.9 Å². The Morgan fingerprint density at radius 1 is 0.324 bits per heavy atom. The Morgan fingerprint density at radius 2 is 0.676 bits per heavy atom. The Balaban J connectivity index is 0.899. The van der Waals surface area contributed by atoms with Gasteiger partial charge in [-0.15, -0.1) is 0 Å². The van der Waals surface area contributed by atoms with Crippen molar-refractivity contribution in [1.82, 2.24) is 0 Å². The molecule has 0 aromatic heterocycles. The van der Waals surface area contributed by atoms with Crippen LogP contribution in [0.25, 0.3) is 61.5 Å². The predicted molar refractivity (Wildman–Crippen MR) is 390 cm³/mol. The molecule has 13 aromatic rings. The summed E-state index contributed by atoms with van der Waals surface area (Å²) in [4.78, 5) is 4.08. The Bertz CT molecular complexity index is 5780. The van der Waals surface area contributed by atoms with Crippen LogP contribution >= 0.6 is 0 Å². The average molecular weight is 1360 g/mol. The van der Waals surface area contributed by atoms with Gasteiger partial charge in [0.05, 0.1) is 22.2 Å². The van der Waals surface area contributed by atoms with E-state index < -0.39 is 85.5 Å². The minimum absolute atomic E-state index is 0.209. The van der Waals surface area contributed by atoms with Crippen molar-refractivity contribution >= 4 is 73.4 Å². The van der Waals surface area contributed by atoms with Gasteiger partial charge in [0.25, 0.3) is 0 Å². The lowest BCUT2D eigenvalue weighted by molar-refractivity contribution is 0.363. The van der Waals surface area contributed by atoms with E-state index in [0.29, 0.717) is 73.1 Å². The van der Waals surface area contributed by atoms with E-state index in [-0.39, 0.29) is 27.8 Å². The maximum absolute atomic E-state index is 17.3. The summed E-state index contributed by atoms with van der Waals surface area (Å²) in [7, 11) is 0. The lowest BCUT2D eigenvalue weighted by atomic mass is 9.66. The fraction of sp³-hybridized carbons (Fsp3) is 0.0667. The van der Waals surface area contributed by atoms with Crippen LogP contribution in [0.4, 0.5) is 78.0 Å². The molecule has 12 heteroatoms. The molecule has 0 aliphatic heterocycles. The third-order valence-electron chi connectivity index (χ3n) is 21.0. The van der Waals surface area contributed by atoms with E-state index in [1.807, 2.05) is 131 Å². The SMILES string of the molecule is C=CC1=C(/C=C\C)C(c2ccc(C=C)cc2)(c2c(F)c(F)c(F)c(F)c2F)c2cc(N(c3ccc4c(c3)C(C)(C)c3cc(N(c5ccc6c(c5)C(c5ccc(C=C)cc5)(c5c(F)c(F)c(F)c(F)c5F)c5ccccc5-6)c5cccc6ccccc56)ccc3-4)c3cccc4ccccc34)ccc21. The Morgan fingerprint density at radius 3 is 1.12 bits per heavy atom. The molecule has 3 aliphatic carbocycles. The monoisotopic (exact) mass is 1360 g/mol. The van der Waals surface area contributed by atoms with Gasteiger partial charge in [-0.3, -0.25) is 0 Å². The maximum atomic E-state index is 17.3. The molecule has 0 bridgehead atoms. The molecule has 0 heterocycles. The summed E-state index contributed by atoms with van der Waals surface area (Å²) >= 11 is 0. The summed E-state index contributed by atoms with van der Waals surface area (Å²) in [6, 6.07) is 70.8. The van der Waals surface area contributed by atoms with Crippen molar-refractivity contribution in [2.75, 3.05) is 9.80 Å². The van der Waals surface area contributed by atoms with Gasteiger partial charge in [-0.05, 0) is 167 Å². The number of allylic oxidation sites excluding steroid dienone is 5. The van der Waals surface area contributed by atoms with Gasteiger partial charge < -0.3 is 9.80 Å². The average Bonchev–Trinajstić information content (AvgIpc) is 1.51. The second kappa shape index (κ2) is 24.1. The second-order valence-electron chi connectivity index (χ2n) is 26.3. The van der Waals surface area contributed by atoms with Crippen molar-refractivity contribution in [2.24, 2.45) is 0 Å². The van der Waals surface area contributed by atoms with Gasteiger partial charge in [0, 0.05) is 50.1 Å². The molecule has 0 saturated heterocycles. The van der Waals surface area contributed by atoms with Crippen LogP contribution in [0.5, 0.6) is 0 Å². The lowest BCUT2D eigenvalue weighted by Gasteiger charge is -2.36. The molecular weight excluding hydrogens is 1300 g/mol. The van der Waals surface area contributed by atoms with Crippen LogP contribution in [0.2, 0.25) is 0 Å². The van der Waals surface area contributed by atoms with E-state index in [1.54, 1.807) is 122 Å². The molecule has 0 saturated carbocycles. The third-order valence-corrected chi connectivity index (χ3v) is 21.0. The predicted octanol–water partition coefficient (Wildman–Crippen LogP) is 25.1. The Hall–Kier alpha value is -12.0. The molecule has 0 fully saturated rings. The van der Waals surface area contributed by atoms with Crippen molar-refractivity contribution in [3.8, 4) is 22.3 Å². The number of rotatable bonds is 14. The molecule has 2 nitrogen and oxygen atoms in total. The van der Waals surface area contributed by atoms with Crippen molar-refractivity contribution < 1.29 is 43.9 Å². The number of nitrogens with zero attached hydrogens (tertiary/aromatic N) is 2. The molecule has 0 spiro atoms. The highest BCUT2D eigenvalue weighted by Gasteiger charge is 2.54. The number of halogens is 10. The standard InChI is InChI=1S/C90H58F10N2/c1-7-19-68-60(10-4)64-42-38-58(48-72(64)89(68,54-34-30-50(8-2)31-35-54)76-78(91)82(95)86(99)83(96)79(76)92)101(74-28-17-22-52-20-11-13-24-61(52)74)56-39-43-65-66-44-40-57(47-71(66)88(5,6)70(65)46-56)102(75-29-18-23-53-21-12-14-25-62(53)75)59-41-45-67-63-26-15-16-27-69(63)90(73(67)49-59,55-36-32-51(9-3)33-37-55)77-80(93)84(97)87(100)85(98)81(77)94/h7-49H,2-4H2,1,5-6H3/b19-7-. The van der Waals surface area contributed by atoms with Gasteiger partial charge in [-0.1, -0.05) is 234 Å². The van der Waals surface area contributed by atoms with Gasteiger partial charge in [0.15, 0.2) is 46.5 Å². The quantitative estimate of drug-likeness (QED) is 0.0608. The lowest BCUT2D eigenvalue weighted by Crippen LogP contribution is -2.33. The van der Waals surface area contributed by atoms with Crippen molar-refractivity contribution in [1.29, 1.82) is 0 Å². The largest absolute Gasteiger partial charge is 0.310 e. The number of anilines is 6. The highest BCUT2D eigenvalue weighted by atomic mass is 19.2. The van der Waals surface area contributed by atoms with Crippen LogP contribution < -0.4 is 9.80 Å². The Kier molecular flexibility index (Phi) is 15.3. The van der Waals surface area contributed by atoms with E-state index in [2.05, 4.69) is 51.8 Å². The molecule has 3 aliphatic rings. The number of fused-ring (bicyclic) bond motifs is 9. The van der Waals surface area contributed by atoms with Gasteiger partial charge in [0.1, 0.15) is 0 Å². The molecule has 0 amide bonds. The topological polar surface area (TPSA) is 6.48 Å². The number of hydrogen-bond donors (Lipinski definition) is 0. The zero-order chi connectivity index (χ0) is 71.0. The first-order valence-corrected chi connectivity index (χ1v) is 33.1. The van der Waals surface area contributed by atoms with Crippen LogP contribution in [0.15, 0.2) is 274 Å². The van der Waals surface area contributed by atoms with E-state index >= 15 is 43.9 Å². The molecule has 498 valence electrons. The van der Waals surface area contributed by atoms with Gasteiger partial charge in [0.2, 0.25) is 11.6 Å². The van der Waals surface area contributed by atoms with Gasteiger partial charge >= 0.3 is 0 Å². The van der Waals surface area contributed by atoms with E-state index in [1.165, 1.54) is 6.08 Å². The smallest absolute Gasteiger partial charge is 0.200 e. The normalized spacial score (nSPS) is 16.1. The number of benzene rings is 13. The summed E-state index contributed by atoms with van der Waals surface area (Å²) in [5.41, 5.74) is 4.80. The molecule has 13 aromatic carbocycles. The highest BCUT2D eigenvalue weighted by molar-refractivity contribution is 6.03. The molecule has 16 rings (SSSR count). The van der Waals surface area contributed by atoms with E-state index in [9.17, 15) is 0 Å². The fourth-order valence-electron chi connectivity index (χ4n) is 16.4. The highest BCUT2D eigenvalue weighted by Crippen LogP contribution is 2.62. The van der Waals surface area contributed by atoms with Crippen molar-refractivity contribution in [3.05, 3.63) is 399 Å². The van der Waals surface area contributed by atoms with Gasteiger partial charge in [-0.2, -0.15) is 0 Å². The summed E-state index contributed by atoms with van der Waals surface area (Å²) in [5.74, 6) is -20.8. The molecule has 102 heavy (non-hydrogen) atoms. The molecule has 2 atom stereocenters. The van der Waals surface area contributed by atoms with E-state index in [0.717, 1.165) is 43.8 Å². The molecule has 0 radical (unpaired) electrons. The van der Waals surface area contributed by atoms with Crippen LogP contribution in [0.3, 0.4) is 0 Å². The minimum Gasteiger partial charge on any atom is -0.310 e. The number of hydrogen-bond acceptors (Lipinski definition) is 2. The maximum Gasteiger partial charge on any atom is 0.200 e. The zero-order valence-electron chi connectivity index (χ0n) is 55.1. The summed E-state index contributed by atoms with van der Waals surface area (Å²) in [6.45, 7) is 17.9. The van der Waals surface area contributed by atoms with Crippen molar-refractivity contribution in [2.45, 2.75) is 37.0 Å². The first-order valence-electron chi connectivity index (χ1n) is 33.1. The van der Waals surface area contributed by atoms with E-state index in [4.69, 9.17) is 0 Å². The first-order chi connectivity index (χ1) is 49.3. The van der Waals surface area contributed by atoms with Crippen LogP contribution in [0, 0.1) is 58.2 Å². The van der Waals surface area contributed by atoms with Crippen LogP contribution in [-0.4, -0.2) is 0 Å². The third kappa shape index (κ3) is 9.13. The molecule has 0 N–H and O–H groups in total. The zero-order valence-corrected chi connectivity index (χ0v) is 55.1.